The van der Waals surface area contributed by atoms with E-state index >= 15 is 0 Å². The van der Waals surface area contributed by atoms with Crippen molar-refractivity contribution in [3.05, 3.63) is 64.1 Å². The first kappa shape index (κ1) is 16.0. The Labute approximate surface area is 144 Å². The maximum Gasteiger partial charge on any atom is 0.335 e. The number of aromatic carboxylic acids is 1. The molecule has 23 heavy (non-hydrogen) atoms. The second-order valence-electron chi connectivity index (χ2n) is 5.79. The van der Waals surface area contributed by atoms with Crippen molar-refractivity contribution < 1.29 is 9.90 Å². The van der Waals surface area contributed by atoms with E-state index in [-0.39, 0.29) is 0 Å². The first-order valence-corrected chi connectivity index (χ1v) is 8.47. The average molecular weight is 375 g/mol. The second-order valence-corrected chi connectivity index (χ2v) is 6.71. The smallest absolute Gasteiger partial charge is 0.335 e. The molecule has 1 aliphatic rings. The van der Waals surface area contributed by atoms with Gasteiger partial charge in [-0.05, 0) is 48.4 Å². The van der Waals surface area contributed by atoms with E-state index in [0.717, 1.165) is 29.5 Å². The molecule has 0 saturated carbocycles. The Bertz CT molecular complexity index is 688. The summed E-state index contributed by atoms with van der Waals surface area (Å²) in [5.74, 6) is -0.880. The van der Waals surface area contributed by atoms with Gasteiger partial charge < -0.3 is 15.3 Å². The number of carboxylic acids is 1. The van der Waals surface area contributed by atoms with Crippen molar-refractivity contribution in [2.45, 2.75) is 19.0 Å². The Morgan fingerprint density at radius 2 is 2.04 bits per heavy atom. The van der Waals surface area contributed by atoms with Crippen LogP contribution in [-0.2, 0) is 6.54 Å². The van der Waals surface area contributed by atoms with Crippen molar-refractivity contribution >= 4 is 27.6 Å². The molecule has 0 radical (unpaired) electrons. The van der Waals surface area contributed by atoms with Gasteiger partial charge in [0.05, 0.1) is 5.56 Å². The zero-order valence-electron chi connectivity index (χ0n) is 12.7. The number of halogens is 1. The molecule has 120 valence electrons. The Balaban J connectivity index is 1.55. The zero-order valence-corrected chi connectivity index (χ0v) is 14.3. The molecule has 2 aromatic rings. The highest BCUT2D eigenvalue weighted by atomic mass is 79.9. The monoisotopic (exact) mass is 374 g/mol. The fourth-order valence-electron chi connectivity index (χ4n) is 2.89. The van der Waals surface area contributed by atoms with Gasteiger partial charge in [-0.25, -0.2) is 4.79 Å². The lowest BCUT2D eigenvalue weighted by Gasteiger charge is -2.19. The van der Waals surface area contributed by atoms with Crippen LogP contribution in [0.15, 0.2) is 53.0 Å². The van der Waals surface area contributed by atoms with Gasteiger partial charge in [0, 0.05) is 35.8 Å². The predicted molar refractivity (Wildman–Crippen MR) is 95.0 cm³/mol. The number of carbonyl (C=O) groups is 1. The average Bonchev–Trinajstić information content (AvgIpc) is 3.03. The summed E-state index contributed by atoms with van der Waals surface area (Å²) >= 11 is 3.46. The molecule has 1 saturated heterocycles. The van der Waals surface area contributed by atoms with Crippen molar-refractivity contribution in [1.82, 2.24) is 5.32 Å². The minimum atomic E-state index is -0.880. The van der Waals surface area contributed by atoms with Gasteiger partial charge in [0.2, 0.25) is 0 Å². The highest BCUT2D eigenvalue weighted by Crippen LogP contribution is 2.22. The first-order valence-electron chi connectivity index (χ1n) is 7.68. The Morgan fingerprint density at radius 1 is 1.26 bits per heavy atom. The van der Waals surface area contributed by atoms with Gasteiger partial charge in [-0.2, -0.15) is 0 Å². The van der Waals surface area contributed by atoms with Gasteiger partial charge in [-0.15, -0.1) is 0 Å². The maximum absolute atomic E-state index is 11.0. The maximum atomic E-state index is 11.0. The SMILES string of the molecule is O=C(O)c1cccc(CNC2CCN(c3ccc(Br)cc3)C2)c1. The normalized spacial score (nSPS) is 17.4. The van der Waals surface area contributed by atoms with Gasteiger partial charge in [0.25, 0.3) is 0 Å². The Kier molecular flexibility index (Phi) is 4.98. The van der Waals surface area contributed by atoms with Crippen LogP contribution in [0, 0.1) is 0 Å². The molecule has 0 bridgehead atoms. The number of carboxylic acid groups (broad SMARTS) is 1. The Morgan fingerprint density at radius 3 is 2.78 bits per heavy atom. The summed E-state index contributed by atoms with van der Waals surface area (Å²) in [6.07, 6.45) is 1.09. The molecule has 1 heterocycles. The molecular weight excluding hydrogens is 356 g/mol. The second kappa shape index (κ2) is 7.15. The highest BCUT2D eigenvalue weighted by Gasteiger charge is 2.22. The van der Waals surface area contributed by atoms with Crippen LogP contribution < -0.4 is 10.2 Å². The van der Waals surface area contributed by atoms with Crippen molar-refractivity contribution in [2.75, 3.05) is 18.0 Å². The van der Waals surface area contributed by atoms with E-state index in [1.807, 2.05) is 6.07 Å². The fraction of sp³-hybridized carbons (Fsp3) is 0.278. The molecule has 4 nitrogen and oxygen atoms in total. The molecule has 1 atom stereocenters. The highest BCUT2D eigenvalue weighted by molar-refractivity contribution is 9.10. The molecule has 1 fully saturated rings. The zero-order chi connectivity index (χ0) is 16.2. The van der Waals surface area contributed by atoms with Gasteiger partial charge in [0.1, 0.15) is 0 Å². The summed E-state index contributed by atoms with van der Waals surface area (Å²) in [5.41, 5.74) is 2.59. The number of hydrogen-bond donors (Lipinski definition) is 2. The quantitative estimate of drug-likeness (QED) is 0.840. The summed E-state index contributed by atoms with van der Waals surface area (Å²) in [5, 5.41) is 12.6. The molecule has 0 spiro atoms. The summed E-state index contributed by atoms with van der Waals surface area (Å²) in [7, 11) is 0. The summed E-state index contributed by atoms with van der Waals surface area (Å²) in [6, 6.07) is 15.9. The van der Waals surface area contributed by atoms with Crippen LogP contribution in [0.3, 0.4) is 0 Å². The van der Waals surface area contributed by atoms with Crippen LogP contribution >= 0.6 is 15.9 Å². The van der Waals surface area contributed by atoms with Crippen LogP contribution in [0.25, 0.3) is 0 Å². The Hall–Kier alpha value is -1.85. The summed E-state index contributed by atoms with van der Waals surface area (Å²) in [6.45, 7) is 2.70. The third-order valence-corrected chi connectivity index (χ3v) is 4.68. The lowest BCUT2D eigenvalue weighted by molar-refractivity contribution is 0.0696. The van der Waals surface area contributed by atoms with E-state index in [0.29, 0.717) is 18.2 Å². The van der Waals surface area contributed by atoms with E-state index in [9.17, 15) is 4.79 Å². The van der Waals surface area contributed by atoms with E-state index in [2.05, 4.69) is 50.4 Å². The van der Waals surface area contributed by atoms with Crippen molar-refractivity contribution in [2.24, 2.45) is 0 Å². The molecule has 0 amide bonds. The van der Waals surface area contributed by atoms with Crippen LogP contribution in [0.2, 0.25) is 0 Å². The largest absolute Gasteiger partial charge is 0.478 e. The summed E-state index contributed by atoms with van der Waals surface area (Å²) < 4.78 is 1.09. The van der Waals surface area contributed by atoms with Crippen LogP contribution in [0.4, 0.5) is 5.69 Å². The summed E-state index contributed by atoms with van der Waals surface area (Å²) in [4.78, 5) is 13.4. The lowest BCUT2D eigenvalue weighted by Crippen LogP contribution is -2.32. The molecule has 1 aliphatic heterocycles. The van der Waals surface area contributed by atoms with Crippen molar-refractivity contribution in [3.8, 4) is 0 Å². The number of nitrogens with one attached hydrogen (secondary N) is 1. The molecule has 2 N–H and O–H groups in total. The van der Waals surface area contributed by atoms with Crippen LogP contribution in [0.1, 0.15) is 22.3 Å². The first-order chi connectivity index (χ1) is 11.1. The van der Waals surface area contributed by atoms with Gasteiger partial charge in [-0.1, -0.05) is 28.1 Å². The minimum absolute atomic E-state index is 0.340. The van der Waals surface area contributed by atoms with E-state index in [1.54, 1.807) is 18.2 Å². The number of nitrogens with zero attached hydrogens (tertiary/aromatic N) is 1. The molecule has 0 aromatic heterocycles. The fourth-order valence-corrected chi connectivity index (χ4v) is 3.15. The molecular formula is C18H19BrN2O2. The number of anilines is 1. The molecule has 1 unspecified atom stereocenters. The number of rotatable bonds is 5. The van der Waals surface area contributed by atoms with Crippen molar-refractivity contribution in [3.63, 3.8) is 0 Å². The molecule has 5 heteroatoms. The standard InChI is InChI=1S/C18H19BrN2O2/c19-15-4-6-17(7-5-15)21-9-8-16(12-21)20-11-13-2-1-3-14(10-13)18(22)23/h1-7,10,16,20H,8-9,11-12H2,(H,22,23). The predicted octanol–water partition coefficient (Wildman–Crippen LogP) is 3.52. The van der Waals surface area contributed by atoms with Gasteiger partial charge in [-0.3, -0.25) is 0 Å². The van der Waals surface area contributed by atoms with E-state index in [4.69, 9.17) is 5.11 Å². The van der Waals surface area contributed by atoms with E-state index in [1.165, 1.54) is 5.69 Å². The third kappa shape index (κ3) is 4.12. The van der Waals surface area contributed by atoms with Crippen molar-refractivity contribution in [1.29, 1.82) is 0 Å². The molecule has 3 rings (SSSR count). The molecule has 0 aliphatic carbocycles. The number of benzene rings is 2. The van der Waals surface area contributed by atoms with Gasteiger partial charge in [0.15, 0.2) is 0 Å². The van der Waals surface area contributed by atoms with Crippen LogP contribution in [0.5, 0.6) is 0 Å². The van der Waals surface area contributed by atoms with E-state index < -0.39 is 5.97 Å². The molecule has 2 aromatic carbocycles. The minimum Gasteiger partial charge on any atom is -0.478 e. The number of hydrogen-bond acceptors (Lipinski definition) is 3. The topological polar surface area (TPSA) is 52.6 Å². The lowest BCUT2D eigenvalue weighted by atomic mass is 10.1. The van der Waals surface area contributed by atoms with Crippen LogP contribution in [-0.4, -0.2) is 30.2 Å². The third-order valence-electron chi connectivity index (χ3n) is 4.15. The van der Waals surface area contributed by atoms with Gasteiger partial charge >= 0.3 is 5.97 Å².